The second kappa shape index (κ2) is 5.67. The lowest BCUT2D eigenvalue weighted by Crippen LogP contribution is -2.33. The van der Waals surface area contributed by atoms with E-state index in [1.54, 1.807) is 0 Å². The number of aliphatic hydroxyl groups is 1. The van der Waals surface area contributed by atoms with Crippen LogP contribution in [0.2, 0.25) is 0 Å². The van der Waals surface area contributed by atoms with Crippen LogP contribution in [-0.4, -0.2) is 51.5 Å². The van der Waals surface area contributed by atoms with Crippen molar-refractivity contribution < 1.29 is 9.52 Å². The normalized spacial score (nSPS) is 24.9. The van der Waals surface area contributed by atoms with Gasteiger partial charge in [-0.3, -0.25) is 4.90 Å². The minimum Gasteiger partial charge on any atom is -0.408 e. The predicted molar refractivity (Wildman–Crippen MR) is 68.4 cm³/mol. The van der Waals surface area contributed by atoms with Crippen molar-refractivity contribution in [2.45, 2.75) is 51.8 Å². The lowest BCUT2D eigenvalue weighted by Gasteiger charge is -2.19. The predicted octanol–water partition coefficient (Wildman–Crippen LogP) is 0.887. The molecule has 0 aromatic carbocycles. The summed E-state index contributed by atoms with van der Waals surface area (Å²) in [6.07, 6.45) is 1.38. The molecular formula is C12H22N4O2. The van der Waals surface area contributed by atoms with E-state index in [-0.39, 0.29) is 6.04 Å². The molecule has 1 fully saturated rings. The lowest BCUT2D eigenvalue weighted by atomic mass is 10.2. The van der Waals surface area contributed by atoms with Gasteiger partial charge in [-0.05, 0) is 20.3 Å². The highest BCUT2D eigenvalue weighted by atomic mass is 16.4. The molecule has 0 aliphatic carbocycles. The van der Waals surface area contributed by atoms with Crippen molar-refractivity contribution in [1.82, 2.24) is 15.1 Å². The summed E-state index contributed by atoms with van der Waals surface area (Å²) in [7, 11) is 0. The quantitative estimate of drug-likeness (QED) is 0.813. The highest BCUT2D eigenvalue weighted by Gasteiger charge is 2.33. The number of rotatable bonds is 5. The zero-order valence-electron chi connectivity index (χ0n) is 11.3. The van der Waals surface area contributed by atoms with E-state index >= 15 is 0 Å². The SMILES string of the molecule is CCCc1nnc(N[C@H]2CN(C(C)C)C[C@@H]2O)o1. The molecule has 2 rings (SSSR count). The first kappa shape index (κ1) is 13.3. The molecule has 2 heterocycles. The molecular weight excluding hydrogens is 232 g/mol. The lowest BCUT2D eigenvalue weighted by molar-refractivity contribution is 0.160. The van der Waals surface area contributed by atoms with Gasteiger partial charge in [-0.25, -0.2) is 0 Å². The maximum Gasteiger partial charge on any atom is 0.315 e. The fourth-order valence-electron chi connectivity index (χ4n) is 2.17. The molecule has 0 bridgehead atoms. The Balaban J connectivity index is 1.92. The highest BCUT2D eigenvalue weighted by molar-refractivity contribution is 5.22. The van der Waals surface area contributed by atoms with Gasteiger partial charge < -0.3 is 14.8 Å². The first-order valence-electron chi connectivity index (χ1n) is 6.61. The van der Waals surface area contributed by atoms with Gasteiger partial charge in [0.05, 0.1) is 12.1 Å². The topological polar surface area (TPSA) is 74.4 Å². The molecule has 1 aromatic rings. The van der Waals surface area contributed by atoms with Crippen molar-refractivity contribution in [3.63, 3.8) is 0 Å². The standard InChI is InChI=1S/C12H22N4O2/c1-4-5-11-14-15-12(18-11)13-9-6-16(8(2)3)7-10(9)17/h8-10,17H,4-7H2,1-3H3,(H,13,15)/t9-,10-/m0/s1. The fourth-order valence-corrected chi connectivity index (χ4v) is 2.17. The van der Waals surface area contributed by atoms with Crippen molar-refractivity contribution in [3.8, 4) is 0 Å². The Labute approximate surface area is 107 Å². The van der Waals surface area contributed by atoms with Gasteiger partial charge in [0.25, 0.3) is 0 Å². The molecule has 0 unspecified atom stereocenters. The third-order valence-corrected chi connectivity index (χ3v) is 3.29. The Morgan fingerprint density at radius 3 is 2.83 bits per heavy atom. The Hall–Kier alpha value is -1.14. The number of likely N-dealkylation sites (tertiary alicyclic amines) is 1. The summed E-state index contributed by atoms with van der Waals surface area (Å²) in [5, 5.41) is 21.0. The Morgan fingerprint density at radius 2 is 2.22 bits per heavy atom. The van der Waals surface area contributed by atoms with Gasteiger partial charge in [0.2, 0.25) is 5.89 Å². The minimum absolute atomic E-state index is 0.0395. The third kappa shape index (κ3) is 3.00. The van der Waals surface area contributed by atoms with Crippen LogP contribution in [0.5, 0.6) is 0 Å². The van der Waals surface area contributed by atoms with Crippen molar-refractivity contribution in [2.75, 3.05) is 18.4 Å². The van der Waals surface area contributed by atoms with Crippen LogP contribution in [0.1, 0.15) is 33.1 Å². The number of aliphatic hydroxyl groups excluding tert-OH is 1. The number of nitrogens with one attached hydrogen (secondary N) is 1. The number of β-amino-alcohol motifs (C(OH)–C–C–N with tert-alkyl or cyclic N) is 1. The van der Waals surface area contributed by atoms with Crippen LogP contribution in [0.4, 0.5) is 6.01 Å². The zero-order chi connectivity index (χ0) is 13.1. The molecule has 6 heteroatoms. The number of aryl methyl sites for hydroxylation is 1. The van der Waals surface area contributed by atoms with Crippen LogP contribution in [-0.2, 0) is 6.42 Å². The van der Waals surface area contributed by atoms with E-state index in [0.717, 1.165) is 19.4 Å². The maximum atomic E-state index is 9.99. The van der Waals surface area contributed by atoms with Gasteiger partial charge in [-0.2, -0.15) is 0 Å². The zero-order valence-corrected chi connectivity index (χ0v) is 11.3. The minimum atomic E-state index is -0.395. The Morgan fingerprint density at radius 1 is 1.44 bits per heavy atom. The van der Waals surface area contributed by atoms with E-state index in [0.29, 0.717) is 24.5 Å². The van der Waals surface area contributed by atoms with Gasteiger partial charge in [0.1, 0.15) is 0 Å². The fraction of sp³-hybridized carbons (Fsp3) is 0.833. The summed E-state index contributed by atoms with van der Waals surface area (Å²) in [5.74, 6) is 0.646. The average molecular weight is 254 g/mol. The van der Waals surface area contributed by atoms with Gasteiger partial charge in [0.15, 0.2) is 0 Å². The van der Waals surface area contributed by atoms with Gasteiger partial charge >= 0.3 is 6.01 Å². The summed E-state index contributed by atoms with van der Waals surface area (Å²) in [6.45, 7) is 7.80. The average Bonchev–Trinajstić information content (AvgIpc) is 2.88. The molecule has 1 aliphatic heterocycles. The summed E-state index contributed by atoms with van der Waals surface area (Å²) >= 11 is 0. The molecule has 0 amide bonds. The van der Waals surface area contributed by atoms with Crippen LogP contribution in [0.25, 0.3) is 0 Å². The van der Waals surface area contributed by atoms with E-state index in [1.807, 2.05) is 0 Å². The largest absolute Gasteiger partial charge is 0.408 e. The first-order chi connectivity index (χ1) is 8.60. The molecule has 0 spiro atoms. The number of nitrogens with zero attached hydrogens (tertiary/aromatic N) is 3. The van der Waals surface area contributed by atoms with Crippen LogP contribution in [0, 0.1) is 0 Å². The summed E-state index contributed by atoms with van der Waals surface area (Å²) in [6, 6.07) is 0.806. The molecule has 1 saturated heterocycles. The third-order valence-electron chi connectivity index (χ3n) is 3.29. The Kier molecular flexibility index (Phi) is 4.19. The van der Waals surface area contributed by atoms with E-state index in [2.05, 4.69) is 41.2 Å². The molecule has 1 aromatic heterocycles. The summed E-state index contributed by atoms with van der Waals surface area (Å²) in [5.41, 5.74) is 0. The smallest absolute Gasteiger partial charge is 0.315 e. The van der Waals surface area contributed by atoms with E-state index < -0.39 is 6.10 Å². The van der Waals surface area contributed by atoms with E-state index in [9.17, 15) is 5.11 Å². The molecule has 1 aliphatic rings. The number of anilines is 1. The molecule has 0 saturated carbocycles. The first-order valence-corrected chi connectivity index (χ1v) is 6.61. The number of hydrogen-bond acceptors (Lipinski definition) is 6. The van der Waals surface area contributed by atoms with Crippen LogP contribution >= 0.6 is 0 Å². The highest BCUT2D eigenvalue weighted by Crippen LogP contribution is 2.17. The number of hydrogen-bond donors (Lipinski definition) is 2. The summed E-state index contributed by atoms with van der Waals surface area (Å²) in [4.78, 5) is 2.23. The van der Waals surface area contributed by atoms with Crippen LogP contribution in [0.3, 0.4) is 0 Å². The van der Waals surface area contributed by atoms with E-state index in [1.165, 1.54) is 0 Å². The van der Waals surface area contributed by atoms with Gasteiger partial charge in [-0.1, -0.05) is 12.0 Å². The van der Waals surface area contributed by atoms with Crippen molar-refractivity contribution in [2.24, 2.45) is 0 Å². The van der Waals surface area contributed by atoms with Crippen molar-refractivity contribution >= 4 is 6.01 Å². The molecule has 2 N–H and O–H groups in total. The summed E-state index contributed by atoms with van der Waals surface area (Å²) < 4.78 is 5.47. The molecule has 0 radical (unpaired) electrons. The van der Waals surface area contributed by atoms with Gasteiger partial charge in [0, 0.05) is 25.6 Å². The Bertz CT molecular complexity index is 380. The van der Waals surface area contributed by atoms with Crippen molar-refractivity contribution in [1.29, 1.82) is 0 Å². The molecule has 18 heavy (non-hydrogen) atoms. The van der Waals surface area contributed by atoms with Gasteiger partial charge in [-0.15, -0.1) is 5.10 Å². The maximum absolute atomic E-state index is 9.99. The van der Waals surface area contributed by atoms with Crippen molar-refractivity contribution in [3.05, 3.63) is 5.89 Å². The van der Waals surface area contributed by atoms with E-state index in [4.69, 9.17) is 4.42 Å². The second-order valence-corrected chi connectivity index (χ2v) is 5.12. The molecule has 6 nitrogen and oxygen atoms in total. The molecule has 2 atom stereocenters. The van der Waals surface area contributed by atoms with Crippen LogP contribution < -0.4 is 5.32 Å². The van der Waals surface area contributed by atoms with Crippen LogP contribution in [0.15, 0.2) is 4.42 Å². The monoisotopic (exact) mass is 254 g/mol. The second-order valence-electron chi connectivity index (χ2n) is 5.12. The molecule has 102 valence electrons. The number of aromatic nitrogens is 2.